The summed E-state index contributed by atoms with van der Waals surface area (Å²) in [7, 11) is 0. The number of aliphatic hydroxyl groups is 1. The summed E-state index contributed by atoms with van der Waals surface area (Å²) in [6, 6.07) is 0.334. The van der Waals surface area contributed by atoms with Crippen LogP contribution in [0.3, 0.4) is 0 Å². The molecule has 102 valence electrons. The summed E-state index contributed by atoms with van der Waals surface area (Å²) in [5.41, 5.74) is 0.415. The predicted octanol–water partition coefficient (Wildman–Crippen LogP) is 2.98. The molecule has 2 saturated carbocycles. The van der Waals surface area contributed by atoms with Gasteiger partial charge in [-0.2, -0.15) is 0 Å². The Kier molecular flexibility index (Phi) is 4.55. The van der Waals surface area contributed by atoms with Gasteiger partial charge in [0.1, 0.15) is 0 Å². The maximum atomic E-state index is 10.5. The zero-order chi connectivity index (χ0) is 12.0. The Morgan fingerprint density at radius 3 is 2.41 bits per heavy atom. The van der Waals surface area contributed by atoms with E-state index >= 15 is 0 Å². The Labute approximate surface area is 112 Å². The van der Waals surface area contributed by atoms with Crippen molar-refractivity contribution in [2.24, 2.45) is 16.7 Å². The third-order valence-corrected chi connectivity index (χ3v) is 5.71. The molecule has 0 aromatic carbocycles. The van der Waals surface area contributed by atoms with Crippen LogP contribution in [0.15, 0.2) is 0 Å². The van der Waals surface area contributed by atoms with Crippen molar-refractivity contribution >= 4 is 12.4 Å². The number of halogens is 1. The molecule has 17 heavy (non-hydrogen) atoms. The molecule has 0 amide bonds. The van der Waals surface area contributed by atoms with Crippen molar-refractivity contribution in [2.45, 2.75) is 65.5 Å². The molecule has 0 radical (unpaired) electrons. The largest absolute Gasteiger partial charge is 0.391 e. The molecule has 0 saturated heterocycles. The molecule has 0 aliphatic heterocycles. The van der Waals surface area contributed by atoms with Crippen molar-refractivity contribution in [3.63, 3.8) is 0 Å². The van der Waals surface area contributed by atoms with Crippen LogP contribution in [0.1, 0.15) is 53.4 Å². The summed E-state index contributed by atoms with van der Waals surface area (Å²) in [6.07, 6.45) is 4.76. The van der Waals surface area contributed by atoms with E-state index in [1.54, 1.807) is 0 Å². The normalized spacial score (nSPS) is 42.5. The predicted molar refractivity (Wildman–Crippen MR) is 74.6 cm³/mol. The fourth-order valence-electron chi connectivity index (χ4n) is 4.04. The van der Waals surface area contributed by atoms with Crippen molar-refractivity contribution in [1.82, 2.24) is 5.32 Å². The third-order valence-electron chi connectivity index (χ3n) is 5.71. The van der Waals surface area contributed by atoms with Crippen molar-refractivity contribution in [2.75, 3.05) is 6.54 Å². The second kappa shape index (κ2) is 5.07. The monoisotopic (exact) mass is 261 g/mol. The second-order valence-electron chi connectivity index (χ2n) is 6.56. The van der Waals surface area contributed by atoms with Gasteiger partial charge in [-0.3, -0.25) is 0 Å². The van der Waals surface area contributed by atoms with Crippen molar-refractivity contribution in [1.29, 1.82) is 0 Å². The van der Waals surface area contributed by atoms with E-state index in [1.807, 2.05) is 0 Å². The lowest BCUT2D eigenvalue weighted by Crippen LogP contribution is -2.47. The van der Waals surface area contributed by atoms with Gasteiger partial charge in [-0.25, -0.2) is 0 Å². The average Bonchev–Trinajstić information content (AvgIpc) is 2.53. The highest BCUT2D eigenvalue weighted by atomic mass is 35.5. The molecule has 4 atom stereocenters. The molecule has 2 aliphatic carbocycles. The van der Waals surface area contributed by atoms with Crippen molar-refractivity contribution in [3.8, 4) is 0 Å². The van der Waals surface area contributed by atoms with Gasteiger partial charge >= 0.3 is 0 Å². The molecule has 0 heterocycles. The van der Waals surface area contributed by atoms with Gasteiger partial charge in [-0.1, -0.05) is 34.1 Å². The van der Waals surface area contributed by atoms with Gasteiger partial charge in [0.15, 0.2) is 0 Å². The van der Waals surface area contributed by atoms with E-state index in [-0.39, 0.29) is 29.3 Å². The van der Waals surface area contributed by atoms with Gasteiger partial charge in [0.25, 0.3) is 0 Å². The summed E-state index contributed by atoms with van der Waals surface area (Å²) in [6.45, 7) is 10.2. The highest BCUT2D eigenvalue weighted by Gasteiger charge is 2.65. The minimum absolute atomic E-state index is 0. The van der Waals surface area contributed by atoms with Gasteiger partial charge in [0.05, 0.1) is 6.10 Å². The smallest absolute Gasteiger partial charge is 0.0754 e. The van der Waals surface area contributed by atoms with Crippen LogP contribution >= 0.6 is 12.4 Å². The summed E-state index contributed by atoms with van der Waals surface area (Å²) in [5.74, 6) is 0.657. The van der Waals surface area contributed by atoms with Gasteiger partial charge in [-0.05, 0) is 37.1 Å². The highest BCUT2D eigenvalue weighted by Crippen LogP contribution is 2.65. The zero-order valence-corrected chi connectivity index (χ0v) is 12.4. The number of hydrogen-bond donors (Lipinski definition) is 2. The Hall–Kier alpha value is 0.210. The lowest BCUT2D eigenvalue weighted by atomic mass is 9.70. The fraction of sp³-hybridized carbons (Fsp3) is 1.00. The van der Waals surface area contributed by atoms with Crippen LogP contribution < -0.4 is 5.32 Å². The molecule has 2 bridgehead atoms. The van der Waals surface area contributed by atoms with Crippen LogP contribution in [-0.2, 0) is 0 Å². The van der Waals surface area contributed by atoms with Crippen LogP contribution in [0, 0.1) is 16.7 Å². The Morgan fingerprint density at radius 2 is 1.94 bits per heavy atom. The first-order valence-electron chi connectivity index (χ1n) is 6.86. The first-order chi connectivity index (χ1) is 7.45. The van der Waals surface area contributed by atoms with Gasteiger partial charge in [0.2, 0.25) is 0 Å². The number of nitrogens with one attached hydrogen (secondary N) is 1. The standard InChI is InChI=1S/C14H27NO.ClH/c1-5-6-9-15-11-10-7-8-14(4,12(11)16)13(10,2)3;/h10-12,15-16H,5-9H2,1-4H3;1H. The number of unbranched alkanes of at least 4 members (excludes halogenated alkanes) is 1. The number of rotatable bonds is 4. The van der Waals surface area contributed by atoms with E-state index in [0.29, 0.717) is 12.0 Å². The number of fused-ring (bicyclic) bond motifs is 2. The van der Waals surface area contributed by atoms with Gasteiger partial charge < -0.3 is 10.4 Å². The van der Waals surface area contributed by atoms with E-state index in [2.05, 4.69) is 33.0 Å². The van der Waals surface area contributed by atoms with E-state index in [9.17, 15) is 5.11 Å². The maximum absolute atomic E-state index is 10.5. The Morgan fingerprint density at radius 1 is 1.29 bits per heavy atom. The van der Waals surface area contributed by atoms with E-state index in [4.69, 9.17) is 0 Å². The fourth-order valence-corrected chi connectivity index (χ4v) is 4.04. The topological polar surface area (TPSA) is 32.3 Å². The summed E-state index contributed by atoms with van der Waals surface area (Å²) < 4.78 is 0. The molecule has 2 N–H and O–H groups in total. The molecule has 2 rings (SSSR count). The van der Waals surface area contributed by atoms with E-state index in [0.717, 1.165) is 6.54 Å². The van der Waals surface area contributed by atoms with Crippen molar-refractivity contribution in [3.05, 3.63) is 0 Å². The molecule has 2 nitrogen and oxygen atoms in total. The molecule has 0 aromatic heterocycles. The quantitative estimate of drug-likeness (QED) is 0.763. The highest BCUT2D eigenvalue weighted by molar-refractivity contribution is 5.85. The van der Waals surface area contributed by atoms with Crippen LogP contribution in [0.25, 0.3) is 0 Å². The van der Waals surface area contributed by atoms with Crippen LogP contribution in [0.4, 0.5) is 0 Å². The van der Waals surface area contributed by atoms with Crippen LogP contribution in [0.5, 0.6) is 0 Å². The summed E-state index contributed by atoms with van der Waals surface area (Å²) in [4.78, 5) is 0. The van der Waals surface area contributed by atoms with Gasteiger partial charge in [-0.15, -0.1) is 12.4 Å². The average molecular weight is 262 g/mol. The third kappa shape index (κ3) is 2.02. The second-order valence-corrected chi connectivity index (χ2v) is 6.56. The zero-order valence-electron chi connectivity index (χ0n) is 11.6. The van der Waals surface area contributed by atoms with Crippen molar-refractivity contribution < 1.29 is 5.11 Å². The van der Waals surface area contributed by atoms with Gasteiger partial charge in [0, 0.05) is 11.5 Å². The van der Waals surface area contributed by atoms with E-state index < -0.39 is 0 Å². The molecular weight excluding hydrogens is 234 g/mol. The SMILES string of the molecule is CCCCNC1C2CCC(C)(C1O)C2(C)C.Cl. The minimum atomic E-state index is -0.155. The minimum Gasteiger partial charge on any atom is -0.391 e. The molecule has 0 spiro atoms. The molecule has 2 fully saturated rings. The van der Waals surface area contributed by atoms with E-state index in [1.165, 1.54) is 25.7 Å². The Bertz CT molecular complexity index is 269. The van der Waals surface area contributed by atoms with Crippen LogP contribution in [-0.4, -0.2) is 23.8 Å². The first kappa shape index (κ1) is 15.3. The first-order valence-corrected chi connectivity index (χ1v) is 6.86. The molecule has 2 aliphatic rings. The summed E-state index contributed by atoms with van der Waals surface area (Å²) >= 11 is 0. The molecule has 0 aromatic rings. The maximum Gasteiger partial charge on any atom is 0.0754 e. The number of aliphatic hydroxyl groups excluding tert-OH is 1. The molecule has 4 unspecified atom stereocenters. The summed E-state index contributed by atoms with van der Waals surface area (Å²) in [5, 5.41) is 14.1. The molecular formula is C14H28ClNO. The van der Waals surface area contributed by atoms with Crippen LogP contribution in [0.2, 0.25) is 0 Å². The lowest BCUT2D eigenvalue weighted by Gasteiger charge is -2.37. The lowest BCUT2D eigenvalue weighted by molar-refractivity contribution is 0.000131. The Balaban J connectivity index is 0.00000144. The molecule has 3 heteroatoms. The number of hydrogen-bond acceptors (Lipinski definition) is 2.